The van der Waals surface area contributed by atoms with Crippen LogP contribution in [0.2, 0.25) is 0 Å². The highest BCUT2D eigenvalue weighted by Gasteiger charge is 2.24. The van der Waals surface area contributed by atoms with E-state index < -0.39 is 0 Å². The number of methoxy groups -OCH3 is 2. The van der Waals surface area contributed by atoms with Gasteiger partial charge in [-0.2, -0.15) is 0 Å². The van der Waals surface area contributed by atoms with E-state index in [4.69, 9.17) is 14.2 Å². The Kier molecular flexibility index (Phi) is 6.83. The largest absolute Gasteiger partial charge is 0.507 e. The van der Waals surface area contributed by atoms with Crippen LogP contribution in [0.5, 0.6) is 17.2 Å². The topological polar surface area (TPSA) is 65.0 Å². The zero-order chi connectivity index (χ0) is 19.3. The standard InChI is InChI=1S/C20H21BrO5/c1-12-18(23)17(20(25-4)13(2)19(12)26-11-24-3)16(22)9-8-14-6-5-7-15(21)10-14/h5-10,23H,11H2,1-4H3. The first-order valence-corrected chi connectivity index (χ1v) is 8.69. The number of carbonyl (C=O) groups excluding carboxylic acids is 1. The van der Waals surface area contributed by atoms with E-state index in [0.717, 1.165) is 10.0 Å². The van der Waals surface area contributed by atoms with Gasteiger partial charge in [0.05, 0.1) is 7.11 Å². The van der Waals surface area contributed by atoms with E-state index in [9.17, 15) is 9.90 Å². The minimum Gasteiger partial charge on any atom is -0.507 e. The van der Waals surface area contributed by atoms with Crippen molar-refractivity contribution in [2.75, 3.05) is 21.0 Å². The molecular weight excluding hydrogens is 400 g/mol. The molecule has 1 N–H and O–H groups in total. The van der Waals surface area contributed by atoms with Gasteiger partial charge in [-0.05, 0) is 37.6 Å². The van der Waals surface area contributed by atoms with Crippen molar-refractivity contribution in [2.45, 2.75) is 13.8 Å². The Labute approximate surface area is 161 Å². The minimum absolute atomic E-state index is 0.0281. The van der Waals surface area contributed by atoms with Gasteiger partial charge in [-0.25, -0.2) is 0 Å². The number of benzene rings is 2. The van der Waals surface area contributed by atoms with E-state index in [1.54, 1.807) is 19.9 Å². The molecule has 0 spiro atoms. The molecule has 0 atom stereocenters. The van der Waals surface area contributed by atoms with Crippen molar-refractivity contribution in [3.63, 3.8) is 0 Å². The molecule has 5 nitrogen and oxygen atoms in total. The number of phenolic OH excluding ortho intramolecular Hbond substituents is 1. The summed E-state index contributed by atoms with van der Waals surface area (Å²) in [5.41, 5.74) is 2.05. The van der Waals surface area contributed by atoms with Gasteiger partial charge in [0.25, 0.3) is 0 Å². The SMILES string of the molecule is COCOc1c(C)c(O)c(C(=O)C=Cc2cccc(Br)c2)c(OC)c1C. The number of ether oxygens (including phenoxy) is 3. The molecule has 0 amide bonds. The number of phenols is 1. The normalized spacial score (nSPS) is 11.0. The summed E-state index contributed by atoms with van der Waals surface area (Å²) in [5, 5.41) is 10.6. The van der Waals surface area contributed by atoms with E-state index >= 15 is 0 Å². The molecule has 0 fully saturated rings. The monoisotopic (exact) mass is 420 g/mol. The van der Waals surface area contributed by atoms with Crippen LogP contribution in [0.3, 0.4) is 0 Å². The Balaban J connectivity index is 2.46. The fourth-order valence-electron chi connectivity index (χ4n) is 2.66. The summed E-state index contributed by atoms with van der Waals surface area (Å²) in [6.07, 6.45) is 3.10. The number of carbonyl (C=O) groups is 1. The van der Waals surface area contributed by atoms with Gasteiger partial charge in [-0.15, -0.1) is 0 Å². The fraction of sp³-hybridized carbons (Fsp3) is 0.250. The van der Waals surface area contributed by atoms with E-state index in [2.05, 4.69) is 15.9 Å². The van der Waals surface area contributed by atoms with Gasteiger partial charge in [-0.3, -0.25) is 4.79 Å². The number of hydrogen-bond acceptors (Lipinski definition) is 5. The molecule has 6 heteroatoms. The molecule has 0 aliphatic heterocycles. The third kappa shape index (κ3) is 4.26. The highest BCUT2D eigenvalue weighted by molar-refractivity contribution is 9.10. The van der Waals surface area contributed by atoms with Gasteiger partial charge in [0.15, 0.2) is 12.6 Å². The number of halogens is 1. The maximum atomic E-state index is 12.7. The summed E-state index contributed by atoms with van der Waals surface area (Å²) >= 11 is 3.39. The fourth-order valence-corrected chi connectivity index (χ4v) is 3.07. The van der Waals surface area contributed by atoms with Crippen molar-refractivity contribution in [2.24, 2.45) is 0 Å². The van der Waals surface area contributed by atoms with Gasteiger partial charge >= 0.3 is 0 Å². The number of ketones is 1. The summed E-state index contributed by atoms with van der Waals surface area (Å²) in [6, 6.07) is 7.55. The Hall–Kier alpha value is -2.31. The quantitative estimate of drug-likeness (QED) is 0.400. The van der Waals surface area contributed by atoms with Gasteiger partial charge in [0, 0.05) is 22.7 Å². The third-order valence-corrected chi connectivity index (χ3v) is 4.38. The Bertz CT molecular complexity index is 843. The van der Waals surface area contributed by atoms with Crippen LogP contribution in [0.15, 0.2) is 34.8 Å². The lowest BCUT2D eigenvalue weighted by atomic mass is 9.98. The van der Waals surface area contributed by atoms with E-state index in [-0.39, 0.29) is 29.6 Å². The Morgan fingerprint density at radius 3 is 2.54 bits per heavy atom. The molecule has 26 heavy (non-hydrogen) atoms. The first kappa shape index (κ1) is 20.0. The minimum atomic E-state index is -0.358. The number of hydrogen-bond donors (Lipinski definition) is 1. The summed E-state index contributed by atoms with van der Waals surface area (Å²) in [4.78, 5) is 12.7. The second-order valence-corrected chi connectivity index (χ2v) is 6.56. The van der Waals surface area contributed by atoms with Crippen LogP contribution in [0.1, 0.15) is 27.0 Å². The second kappa shape index (κ2) is 8.87. The third-order valence-electron chi connectivity index (χ3n) is 3.89. The van der Waals surface area contributed by atoms with Crippen LogP contribution in [0, 0.1) is 13.8 Å². The van der Waals surface area contributed by atoms with Crippen LogP contribution in [-0.2, 0) is 4.74 Å². The predicted octanol–water partition coefficient (Wildman–Crippen LogP) is 4.66. The molecule has 0 saturated heterocycles. The number of aromatic hydroxyl groups is 1. The van der Waals surface area contributed by atoms with Crippen LogP contribution in [0.4, 0.5) is 0 Å². The lowest BCUT2D eigenvalue weighted by Gasteiger charge is -2.18. The van der Waals surface area contributed by atoms with Gasteiger partial charge in [0.1, 0.15) is 22.8 Å². The molecule has 0 bridgehead atoms. The van der Waals surface area contributed by atoms with Crippen LogP contribution in [0.25, 0.3) is 6.08 Å². The first-order valence-electron chi connectivity index (χ1n) is 7.90. The molecule has 0 unspecified atom stereocenters. The number of allylic oxidation sites excluding steroid dienone is 1. The Morgan fingerprint density at radius 1 is 1.19 bits per heavy atom. The first-order chi connectivity index (χ1) is 12.4. The Morgan fingerprint density at radius 2 is 1.92 bits per heavy atom. The molecule has 2 rings (SSSR count). The highest BCUT2D eigenvalue weighted by Crippen LogP contribution is 2.42. The maximum absolute atomic E-state index is 12.7. The van der Waals surface area contributed by atoms with Crippen molar-refractivity contribution in [3.8, 4) is 17.2 Å². The lowest BCUT2D eigenvalue weighted by molar-refractivity contribution is 0.0497. The summed E-state index contributed by atoms with van der Waals surface area (Å²) < 4.78 is 16.7. The molecule has 0 heterocycles. The van der Waals surface area contributed by atoms with Crippen molar-refractivity contribution >= 4 is 27.8 Å². The van der Waals surface area contributed by atoms with Gasteiger partial charge in [-0.1, -0.05) is 34.1 Å². The molecule has 138 valence electrons. The molecular formula is C20H21BrO5. The van der Waals surface area contributed by atoms with Crippen molar-refractivity contribution in [3.05, 3.63) is 57.1 Å². The molecule has 0 radical (unpaired) electrons. The van der Waals surface area contributed by atoms with Crippen LogP contribution < -0.4 is 9.47 Å². The number of rotatable bonds is 7. The zero-order valence-corrected chi connectivity index (χ0v) is 16.7. The van der Waals surface area contributed by atoms with Gasteiger partial charge < -0.3 is 19.3 Å². The summed E-state index contributed by atoms with van der Waals surface area (Å²) in [5.74, 6) is 0.197. The smallest absolute Gasteiger partial charge is 0.193 e. The van der Waals surface area contributed by atoms with Crippen LogP contribution >= 0.6 is 15.9 Å². The highest BCUT2D eigenvalue weighted by atomic mass is 79.9. The molecule has 2 aromatic carbocycles. The van der Waals surface area contributed by atoms with E-state index in [1.165, 1.54) is 20.3 Å². The molecule has 0 aliphatic rings. The molecule has 0 aliphatic carbocycles. The maximum Gasteiger partial charge on any atom is 0.193 e. The van der Waals surface area contributed by atoms with Crippen molar-refractivity contribution < 1.29 is 24.1 Å². The second-order valence-electron chi connectivity index (χ2n) is 5.64. The van der Waals surface area contributed by atoms with Crippen molar-refractivity contribution in [1.82, 2.24) is 0 Å². The molecule has 2 aromatic rings. The molecule has 0 saturated carbocycles. The van der Waals surface area contributed by atoms with Crippen LogP contribution in [-0.4, -0.2) is 31.9 Å². The summed E-state index contributed by atoms with van der Waals surface area (Å²) in [7, 11) is 2.96. The predicted molar refractivity (Wildman–Crippen MR) is 104 cm³/mol. The zero-order valence-electron chi connectivity index (χ0n) is 15.1. The average molecular weight is 421 g/mol. The van der Waals surface area contributed by atoms with Gasteiger partial charge in [0.2, 0.25) is 0 Å². The van der Waals surface area contributed by atoms with Crippen molar-refractivity contribution in [1.29, 1.82) is 0 Å². The summed E-state index contributed by atoms with van der Waals surface area (Å²) in [6.45, 7) is 3.48. The van der Waals surface area contributed by atoms with E-state index in [1.807, 2.05) is 24.3 Å². The lowest BCUT2D eigenvalue weighted by Crippen LogP contribution is -2.08. The van der Waals surface area contributed by atoms with E-state index in [0.29, 0.717) is 16.9 Å². The molecule has 0 aromatic heterocycles. The average Bonchev–Trinajstić information content (AvgIpc) is 2.62.